The highest BCUT2D eigenvalue weighted by molar-refractivity contribution is 4.82. The molecule has 0 saturated heterocycles. The van der Waals surface area contributed by atoms with E-state index in [2.05, 4.69) is 31.3 Å². The summed E-state index contributed by atoms with van der Waals surface area (Å²) in [5.41, 5.74) is 0. The van der Waals surface area contributed by atoms with Crippen LogP contribution in [-0.2, 0) is 4.74 Å². The molecule has 0 aromatic carbocycles. The van der Waals surface area contributed by atoms with Crippen LogP contribution in [0.5, 0.6) is 0 Å². The second kappa shape index (κ2) is 8.27. The largest absolute Gasteiger partial charge is 0.375 e. The molecule has 2 heteroatoms. The molecular weight excluding hydrogens is 162 g/mol. The van der Waals surface area contributed by atoms with Crippen molar-refractivity contribution in [1.82, 2.24) is 5.32 Å². The Morgan fingerprint density at radius 3 is 2.38 bits per heavy atom. The van der Waals surface area contributed by atoms with Crippen LogP contribution >= 0.6 is 0 Å². The standard InChI is InChI=1S/C11H23NO/c1-10(2)12-8-6-5-7-9-13-11(3)4/h5,7,10-12H,6,8-9H2,1-4H3. The van der Waals surface area contributed by atoms with E-state index in [-0.39, 0.29) is 0 Å². The van der Waals surface area contributed by atoms with Gasteiger partial charge in [-0.1, -0.05) is 26.0 Å². The van der Waals surface area contributed by atoms with Crippen molar-refractivity contribution in [3.8, 4) is 0 Å². The molecule has 0 radical (unpaired) electrons. The third-order valence-corrected chi connectivity index (χ3v) is 1.56. The van der Waals surface area contributed by atoms with E-state index in [1.807, 2.05) is 13.8 Å². The van der Waals surface area contributed by atoms with Gasteiger partial charge >= 0.3 is 0 Å². The third-order valence-electron chi connectivity index (χ3n) is 1.56. The molecule has 0 aromatic heterocycles. The van der Waals surface area contributed by atoms with Crippen molar-refractivity contribution >= 4 is 0 Å². The van der Waals surface area contributed by atoms with Gasteiger partial charge in [0, 0.05) is 6.04 Å². The highest BCUT2D eigenvalue weighted by Gasteiger charge is 1.89. The molecule has 0 bridgehead atoms. The molecule has 0 rings (SSSR count). The van der Waals surface area contributed by atoms with Crippen LogP contribution in [0.15, 0.2) is 12.2 Å². The summed E-state index contributed by atoms with van der Waals surface area (Å²) in [4.78, 5) is 0. The van der Waals surface area contributed by atoms with Crippen LogP contribution in [-0.4, -0.2) is 25.3 Å². The van der Waals surface area contributed by atoms with Gasteiger partial charge in [-0.2, -0.15) is 0 Å². The van der Waals surface area contributed by atoms with Crippen LogP contribution < -0.4 is 5.32 Å². The molecular formula is C11H23NO. The second-order valence-corrected chi connectivity index (χ2v) is 3.75. The molecule has 0 atom stereocenters. The zero-order chi connectivity index (χ0) is 10.1. The van der Waals surface area contributed by atoms with E-state index in [9.17, 15) is 0 Å². The quantitative estimate of drug-likeness (QED) is 0.485. The molecule has 0 unspecified atom stereocenters. The summed E-state index contributed by atoms with van der Waals surface area (Å²) in [6.07, 6.45) is 5.66. The first kappa shape index (κ1) is 12.7. The zero-order valence-corrected chi connectivity index (χ0v) is 9.34. The summed E-state index contributed by atoms with van der Waals surface area (Å²) >= 11 is 0. The van der Waals surface area contributed by atoms with E-state index in [4.69, 9.17) is 4.74 Å². The lowest BCUT2D eigenvalue weighted by atomic mass is 10.3. The maximum Gasteiger partial charge on any atom is 0.0650 e. The lowest BCUT2D eigenvalue weighted by Crippen LogP contribution is -2.23. The molecule has 1 N–H and O–H groups in total. The van der Waals surface area contributed by atoms with Crippen molar-refractivity contribution in [2.45, 2.75) is 46.3 Å². The molecule has 0 aromatic rings. The number of ether oxygens (including phenoxy) is 1. The van der Waals surface area contributed by atoms with Crippen LogP contribution in [0.25, 0.3) is 0 Å². The first-order valence-corrected chi connectivity index (χ1v) is 5.13. The Balaban J connectivity index is 3.13. The predicted molar refractivity (Wildman–Crippen MR) is 58.0 cm³/mol. The maximum absolute atomic E-state index is 5.36. The lowest BCUT2D eigenvalue weighted by molar-refractivity contribution is 0.102. The number of rotatable bonds is 7. The number of nitrogens with one attached hydrogen (secondary N) is 1. The van der Waals surface area contributed by atoms with Gasteiger partial charge in [-0.15, -0.1) is 0 Å². The fourth-order valence-electron chi connectivity index (χ4n) is 0.889. The molecule has 13 heavy (non-hydrogen) atoms. The summed E-state index contributed by atoms with van der Waals surface area (Å²) in [6, 6.07) is 0.584. The normalized spacial score (nSPS) is 12.2. The fourth-order valence-corrected chi connectivity index (χ4v) is 0.889. The molecule has 78 valence electrons. The molecule has 0 amide bonds. The van der Waals surface area contributed by atoms with Gasteiger partial charge in [0.1, 0.15) is 0 Å². The summed E-state index contributed by atoms with van der Waals surface area (Å²) in [5.74, 6) is 0. The Morgan fingerprint density at radius 1 is 1.15 bits per heavy atom. The fraction of sp³-hybridized carbons (Fsp3) is 0.818. The monoisotopic (exact) mass is 185 g/mol. The molecule has 0 spiro atoms. The maximum atomic E-state index is 5.36. The third kappa shape index (κ3) is 11.7. The lowest BCUT2D eigenvalue weighted by Gasteiger charge is -2.05. The molecule has 0 fully saturated rings. The van der Waals surface area contributed by atoms with Crippen molar-refractivity contribution in [2.24, 2.45) is 0 Å². The van der Waals surface area contributed by atoms with Crippen molar-refractivity contribution in [1.29, 1.82) is 0 Å². The minimum absolute atomic E-state index is 0.332. The van der Waals surface area contributed by atoms with Crippen LogP contribution in [0.1, 0.15) is 34.1 Å². The van der Waals surface area contributed by atoms with E-state index in [0.29, 0.717) is 12.1 Å². The average molecular weight is 185 g/mol. The Hall–Kier alpha value is -0.340. The van der Waals surface area contributed by atoms with Crippen molar-refractivity contribution in [3.05, 3.63) is 12.2 Å². The van der Waals surface area contributed by atoms with E-state index in [1.54, 1.807) is 0 Å². The summed E-state index contributed by atoms with van der Waals surface area (Å²) < 4.78 is 5.36. The summed E-state index contributed by atoms with van der Waals surface area (Å²) in [5, 5.41) is 3.35. The minimum atomic E-state index is 0.332. The Morgan fingerprint density at radius 2 is 1.85 bits per heavy atom. The first-order valence-electron chi connectivity index (χ1n) is 5.13. The van der Waals surface area contributed by atoms with Gasteiger partial charge in [0.15, 0.2) is 0 Å². The van der Waals surface area contributed by atoms with Crippen LogP contribution in [0, 0.1) is 0 Å². The Bertz CT molecular complexity index is 130. The Labute approximate surface area is 82.4 Å². The van der Waals surface area contributed by atoms with Gasteiger partial charge in [-0.3, -0.25) is 0 Å². The topological polar surface area (TPSA) is 21.3 Å². The van der Waals surface area contributed by atoms with Crippen molar-refractivity contribution in [3.63, 3.8) is 0 Å². The van der Waals surface area contributed by atoms with Gasteiger partial charge < -0.3 is 10.1 Å². The van der Waals surface area contributed by atoms with Crippen LogP contribution in [0.3, 0.4) is 0 Å². The first-order chi connectivity index (χ1) is 6.13. The molecule has 0 saturated carbocycles. The minimum Gasteiger partial charge on any atom is -0.375 e. The van der Waals surface area contributed by atoms with E-state index in [1.165, 1.54) is 0 Å². The van der Waals surface area contributed by atoms with E-state index < -0.39 is 0 Å². The predicted octanol–water partition coefficient (Wildman–Crippen LogP) is 2.36. The molecule has 0 aliphatic heterocycles. The van der Waals surface area contributed by atoms with Gasteiger partial charge in [-0.05, 0) is 26.8 Å². The summed E-state index contributed by atoms with van der Waals surface area (Å²) in [7, 11) is 0. The van der Waals surface area contributed by atoms with Crippen molar-refractivity contribution in [2.75, 3.05) is 13.2 Å². The highest BCUT2D eigenvalue weighted by atomic mass is 16.5. The Kier molecular flexibility index (Phi) is 8.05. The van der Waals surface area contributed by atoms with E-state index >= 15 is 0 Å². The zero-order valence-electron chi connectivity index (χ0n) is 9.34. The molecule has 0 aliphatic rings. The highest BCUT2D eigenvalue weighted by Crippen LogP contribution is 1.89. The smallest absolute Gasteiger partial charge is 0.0650 e. The molecule has 0 heterocycles. The SMILES string of the molecule is CC(C)NCCC=CCOC(C)C. The van der Waals surface area contributed by atoms with Crippen molar-refractivity contribution < 1.29 is 4.74 Å². The molecule has 2 nitrogen and oxygen atoms in total. The van der Waals surface area contributed by atoms with Gasteiger partial charge in [0.05, 0.1) is 12.7 Å². The van der Waals surface area contributed by atoms with Crippen LogP contribution in [0.2, 0.25) is 0 Å². The van der Waals surface area contributed by atoms with Gasteiger partial charge in [0.2, 0.25) is 0 Å². The number of hydrogen-bond acceptors (Lipinski definition) is 2. The van der Waals surface area contributed by atoms with E-state index in [0.717, 1.165) is 19.6 Å². The summed E-state index contributed by atoms with van der Waals surface area (Å²) in [6.45, 7) is 10.2. The second-order valence-electron chi connectivity index (χ2n) is 3.75. The number of hydrogen-bond donors (Lipinski definition) is 1. The average Bonchev–Trinajstić information content (AvgIpc) is 2.01. The molecule has 0 aliphatic carbocycles. The van der Waals surface area contributed by atoms with Gasteiger partial charge in [-0.25, -0.2) is 0 Å². The van der Waals surface area contributed by atoms with Crippen LogP contribution in [0.4, 0.5) is 0 Å². The van der Waals surface area contributed by atoms with Gasteiger partial charge in [0.25, 0.3) is 0 Å².